The predicted octanol–water partition coefficient (Wildman–Crippen LogP) is 4.41. The second kappa shape index (κ2) is 8.49. The molecule has 0 aliphatic heterocycles. The monoisotopic (exact) mass is 438 g/mol. The minimum absolute atomic E-state index is 0.187. The Labute approximate surface area is 174 Å². The summed E-state index contributed by atoms with van der Waals surface area (Å²) in [4.78, 5) is 25.2. The summed E-state index contributed by atoms with van der Waals surface area (Å²) in [5, 5.41) is 12.8. The highest BCUT2D eigenvalue weighted by Crippen LogP contribution is 2.31. The van der Waals surface area contributed by atoms with Crippen LogP contribution in [0.15, 0.2) is 53.5 Å². The molecule has 0 radical (unpaired) electrons. The smallest absolute Gasteiger partial charge is 0.394 e. The molecule has 0 saturated carbocycles. The van der Waals surface area contributed by atoms with Crippen LogP contribution >= 0.6 is 11.6 Å². The maximum absolute atomic E-state index is 12.9. The number of aliphatic hydroxyl groups is 1. The predicted molar refractivity (Wildman–Crippen MR) is 109 cm³/mol. The summed E-state index contributed by atoms with van der Waals surface area (Å²) in [6, 6.07) is 8.64. The van der Waals surface area contributed by atoms with Gasteiger partial charge in [-0.2, -0.15) is 13.2 Å². The number of hydrogen-bond donors (Lipinski definition) is 2. The molecule has 0 aliphatic rings. The lowest BCUT2D eigenvalue weighted by atomic mass is 10.1. The number of hydrogen-bond acceptors (Lipinski definition) is 3. The second-order valence-corrected chi connectivity index (χ2v) is 7.27. The van der Waals surface area contributed by atoms with Crippen molar-refractivity contribution in [3.8, 4) is 0 Å². The zero-order valence-electron chi connectivity index (χ0n) is 15.8. The van der Waals surface area contributed by atoms with Gasteiger partial charge in [0.25, 0.3) is 5.56 Å². The number of carbonyl (C=O) groups excluding carboxylic acids is 1. The summed E-state index contributed by atoms with van der Waals surface area (Å²) < 4.78 is 40.0. The SMILES string of the molecule is CC(CO)n1ccc2c(NC(=O)Cc3cccc(C(F)(F)F)c3)c(Cl)ccc2c1=O. The van der Waals surface area contributed by atoms with Crippen LogP contribution in [0.4, 0.5) is 18.9 Å². The van der Waals surface area contributed by atoms with Gasteiger partial charge in [0, 0.05) is 17.0 Å². The van der Waals surface area contributed by atoms with Gasteiger partial charge >= 0.3 is 6.18 Å². The van der Waals surface area contributed by atoms with E-state index in [2.05, 4.69) is 5.32 Å². The van der Waals surface area contributed by atoms with E-state index in [1.165, 1.54) is 35.0 Å². The Morgan fingerprint density at radius 3 is 2.60 bits per heavy atom. The summed E-state index contributed by atoms with van der Waals surface area (Å²) >= 11 is 6.20. The van der Waals surface area contributed by atoms with Crippen LogP contribution in [0.5, 0.6) is 0 Å². The Bertz CT molecular complexity index is 1160. The van der Waals surface area contributed by atoms with Crippen molar-refractivity contribution in [3.05, 3.63) is 75.2 Å². The maximum atomic E-state index is 12.9. The van der Waals surface area contributed by atoms with Crippen LogP contribution in [0.1, 0.15) is 24.1 Å². The fourth-order valence-electron chi connectivity index (χ4n) is 3.10. The van der Waals surface area contributed by atoms with Gasteiger partial charge in [0.15, 0.2) is 0 Å². The summed E-state index contributed by atoms with van der Waals surface area (Å²) in [6.45, 7) is 1.46. The van der Waals surface area contributed by atoms with E-state index < -0.39 is 23.7 Å². The van der Waals surface area contributed by atoms with Crippen LogP contribution in [-0.4, -0.2) is 22.2 Å². The molecule has 0 bridgehead atoms. The van der Waals surface area contributed by atoms with E-state index in [4.69, 9.17) is 11.6 Å². The normalized spacial score (nSPS) is 12.7. The van der Waals surface area contributed by atoms with Crippen LogP contribution in [0.3, 0.4) is 0 Å². The number of nitrogens with zero attached hydrogens (tertiary/aromatic N) is 1. The first-order chi connectivity index (χ1) is 14.1. The number of nitrogens with one attached hydrogen (secondary N) is 1. The molecule has 1 amide bonds. The average Bonchev–Trinajstić information content (AvgIpc) is 2.69. The van der Waals surface area contributed by atoms with Crippen molar-refractivity contribution in [1.82, 2.24) is 4.57 Å². The third kappa shape index (κ3) is 4.49. The lowest BCUT2D eigenvalue weighted by molar-refractivity contribution is -0.137. The fourth-order valence-corrected chi connectivity index (χ4v) is 3.31. The van der Waals surface area contributed by atoms with Crippen LogP contribution in [0.2, 0.25) is 5.02 Å². The van der Waals surface area contributed by atoms with E-state index in [0.717, 1.165) is 12.1 Å². The quantitative estimate of drug-likeness (QED) is 0.620. The zero-order chi connectivity index (χ0) is 22.1. The Hall–Kier alpha value is -2.84. The first-order valence-electron chi connectivity index (χ1n) is 9.02. The molecule has 9 heteroatoms. The number of fused-ring (bicyclic) bond motifs is 1. The number of rotatable bonds is 5. The van der Waals surface area contributed by atoms with Crippen molar-refractivity contribution < 1.29 is 23.1 Å². The molecule has 2 N–H and O–H groups in total. The number of aliphatic hydroxyl groups excluding tert-OH is 1. The molecular formula is C21H18ClF3N2O3. The van der Waals surface area contributed by atoms with Gasteiger partial charge in [-0.3, -0.25) is 9.59 Å². The molecule has 30 heavy (non-hydrogen) atoms. The van der Waals surface area contributed by atoms with Crippen molar-refractivity contribution in [1.29, 1.82) is 0 Å². The standard InChI is InChI=1S/C21H18ClF3N2O3/c1-12(11-28)27-8-7-15-16(20(27)30)5-6-17(22)19(15)26-18(29)10-13-3-2-4-14(9-13)21(23,24)25/h2-9,12,28H,10-11H2,1H3,(H,26,29). The molecule has 1 unspecified atom stereocenters. The van der Waals surface area contributed by atoms with Crippen LogP contribution in [0, 0.1) is 0 Å². The average molecular weight is 439 g/mol. The molecule has 1 heterocycles. The van der Waals surface area contributed by atoms with Gasteiger partial charge in [-0.05, 0) is 36.8 Å². The lowest BCUT2D eigenvalue weighted by Crippen LogP contribution is -2.25. The fraction of sp³-hybridized carbons (Fsp3) is 0.238. The second-order valence-electron chi connectivity index (χ2n) is 6.87. The van der Waals surface area contributed by atoms with Gasteiger partial charge in [-0.15, -0.1) is 0 Å². The summed E-state index contributed by atoms with van der Waals surface area (Å²) in [7, 11) is 0. The Balaban J connectivity index is 1.92. The van der Waals surface area contributed by atoms with Gasteiger partial charge in [0.1, 0.15) is 0 Å². The molecule has 3 rings (SSSR count). The van der Waals surface area contributed by atoms with E-state index in [1.807, 2.05) is 0 Å². The molecule has 5 nitrogen and oxygen atoms in total. The molecule has 0 fully saturated rings. The van der Waals surface area contributed by atoms with E-state index >= 15 is 0 Å². The van der Waals surface area contributed by atoms with Crippen LogP contribution < -0.4 is 10.9 Å². The lowest BCUT2D eigenvalue weighted by Gasteiger charge is -2.15. The maximum Gasteiger partial charge on any atom is 0.416 e. The van der Waals surface area contributed by atoms with Gasteiger partial charge in [0.05, 0.1) is 35.3 Å². The van der Waals surface area contributed by atoms with Gasteiger partial charge in [-0.25, -0.2) is 0 Å². The van der Waals surface area contributed by atoms with Crippen molar-refractivity contribution in [2.24, 2.45) is 0 Å². The Kier molecular flexibility index (Phi) is 6.19. The summed E-state index contributed by atoms with van der Waals surface area (Å²) in [5.74, 6) is -0.573. The topological polar surface area (TPSA) is 71.3 Å². The van der Waals surface area contributed by atoms with E-state index in [9.17, 15) is 27.9 Å². The summed E-state index contributed by atoms with van der Waals surface area (Å²) in [6.07, 6.45) is -3.31. The number of aromatic nitrogens is 1. The van der Waals surface area contributed by atoms with E-state index in [-0.39, 0.29) is 40.2 Å². The van der Waals surface area contributed by atoms with Crippen LogP contribution in [-0.2, 0) is 17.4 Å². The number of benzene rings is 2. The largest absolute Gasteiger partial charge is 0.416 e. The number of pyridine rings is 1. The highest BCUT2D eigenvalue weighted by Gasteiger charge is 2.30. The highest BCUT2D eigenvalue weighted by atomic mass is 35.5. The molecular weight excluding hydrogens is 421 g/mol. The Morgan fingerprint density at radius 1 is 1.20 bits per heavy atom. The molecule has 2 aromatic carbocycles. The summed E-state index contributed by atoms with van der Waals surface area (Å²) in [5.41, 5.74) is -0.807. The molecule has 3 aromatic rings. The molecule has 1 atom stereocenters. The van der Waals surface area contributed by atoms with E-state index in [1.54, 1.807) is 13.0 Å². The third-order valence-corrected chi connectivity index (χ3v) is 5.00. The van der Waals surface area contributed by atoms with Crippen LogP contribution in [0.25, 0.3) is 10.8 Å². The molecule has 0 aliphatic carbocycles. The van der Waals surface area contributed by atoms with Gasteiger partial charge in [0.2, 0.25) is 5.91 Å². The molecule has 0 spiro atoms. The van der Waals surface area contributed by atoms with E-state index in [0.29, 0.717) is 5.39 Å². The molecule has 0 saturated heterocycles. The van der Waals surface area contributed by atoms with Crippen molar-refractivity contribution >= 4 is 34.0 Å². The highest BCUT2D eigenvalue weighted by molar-refractivity contribution is 6.35. The Morgan fingerprint density at radius 2 is 1.93 bits per heavy atom. The molecule has 158 valence electrons. The molecule has 1 aromatic heterocycles. The minimum atomic E-state index is -4.50. The number of carbonyl (C=O) groups is 1. The zero-order valence-corrected chi connectivity index (χ0v) is 16.6. The first kappa shape index (κ1) is 21.9. The van der Waals surface area contributed by atoms with Crippen molar-refractivity contribution in [2.45, 2.75) is 25.6 Å². The minimum Gasteiger partial charge on any atom is -0.394 e. The van der Waals surface area contributed by atoms with Crippen molar-refractivity contribution in [3.63, 3.8) is 0 Å². The van der Waals surface area contributed by atoms with Gasteiger partial charge in [-0.1, -0.05) is 29.8 Å². The van der Waals surface area contributed by atoms with Gasteiger partial charge < -0.3 is 15.0 Å². The third-order valence-electron chi connectivity index (χ3n) is 4.68. The number of alkyl halides is 3. The first-order valence-corrected chi connectivity index (χ1v) is 9.40. The number of amides is 1. The van der Waals surface area contributed by atoms with Crippen molar-refractivity contribution in [2.75, 3.05) is 11.9 Å². The number of anilines is 1. The number of halogens is 4.